The quantitative estimate of drug-likeness (QED) is 0.690. The Kier molecular flexibility index (Phi) is 2.14. The molecule has 0 amide bonds. The van der Waals surface area contributed by atoms with E-state index in [1.165, 1.54) is 0 Å². The van der Waals surface area contributed by atoms with Crippen LogP contribution in [0.4, 0.5) is 0 Å². The second-order valence-corrected chi connectivity index (χ2v) is 2.58. The Morgan fingerprint density at radius 1 is 1.23 bits per heavy atom. The smallest absolute Gasteiger partial charge is 0.536 e. The molecule has 0 saturated carbocycles. The van der Waals surface area contributed by atoms with Crippen molar-refractivity contribution in [1.82, 2.24) is 4.98 Å². The molecule has 2 aromatic rings. The molecule has 0 aliphatic rings. The second kappa shape index (κ2) is 3.45. The summed E-state index contributed by atoms with van der Waals surface area (Å²) >= 11 is 0. The van der Waals surface area contributed by atoms with Crippen LogP contribution in [-0.4, -0.2) is 17.7 Å². The van der Waals surface area contributed by atoms with Gasteiger partial charge in [-0.15, -0.1) is 0 Å². The summed E-state index contributed by atoms with van der Waals surface area (Å²) in [6.07, 6.45) is 3.31. The lowest BCUT2D eigenvalue weighted by atomic mass is 10.1. The molecule has 3 nitrogen and oxygen atoms in total. The van der Waals surface area contributed by atoms with Gasteiger partial charge in [-0.05, 0) is 0 Å². The second-order valence-electron chi connectivity index (χ2n) is 2.58. The van der Waals surface area contributed by atoms with Gasteiger partial charge in [0, 0.05) is 17.0 Å². The minimum absolute atomic E-state index is 0.556. The van der Waals surface area contributed by atoms with Gasteiger partial charge in [-0.2, -0.15) is 0 Å². The molecule has 2 rings (SSSR count). The highest BCUT2D eigenvalue weighted by atomic mass is 16.5. The molecule has 1 radical (unpaired) electrons. The highest BCUT2D eigenvalue weighted by molar-refractivity contribution is 6.18. The highest BCUT2D eigenvalue weighted by Crippen LogP contribution is 2.22. The van der Waals surface area contributed by atoms with Crippen molar-refractivity contribution in [3.05, 3.63) is 36.7 Å². The molecule has 1 N–H and O–H groups in total. The first-order valence-corrected chi connectivity index (χ1v) is 3.87. The average Bonchev–Trinajstić information content (AvgIpc) is 2.19. The van der Waals surface area contributed by atoms with E-state index >= 15 is 0 Å². The Morgan fingerprint density at radius 3 is 2.92 bits per heavy atom. The zero-order chi connectivity index (χ0) is 9.10. The van der Waals surface area contributed by atoms with E-state index < -0.39 is 0 Å². The highest BCUT2D eigenvalue weighted by Gasteiger charge is 2.01. The molecule has 0 spiro atoms. The van der Waals surface area contributed by atoms with E-state index in [1.54, 1.807) is 12.4 Å². The molecule has 4 heteroatoms. The van der Waals surface area contributed by atoms with Gasteiger partial charge >= 0.3 is 7.69 Å². The first-order valence-electron chi connectivity index (χ1n) is 3.87. The fraction of sp³-hybridized carbons (Fsp3) is 0. The van der Waals surface area contributed by atoms with Crippen molar-refractivity contribution in [3.63, 3.8) is 0 Å². The van der Waals surface area contributed by atoms with Crippen molar-refractivity contribution in [2.45, 2.75) is 0 Å². The SMILES string of the molecule is O[B]Oc1cncc2ccccc12. The molecule has 1 heterocycles. The maximum absolute atomic E-state index is 8.50. The number of hydrogen-bond acceptors (Lipinski definition) is 3. The van der Waals surface area contributed by atoms with Crippen molar-refractivity contribution in [1.29, 1.82) is 0 Å². The summed E-state index contributed by atoms with van der Waals surface area (Å²) < 4.78 is 4.89. The number of aromatic nitrogens is 1. The Balaban J connectivity index is 2.61. The van der Waals surface area contributed by atoms with Crippen LogP contribution in [0.15, 0.2) is 36.7 Å². The van der Waals surface area contributed by atoms with Crippen LogP contribution < -0.4 is 4.65 Å². The van der Waals surface area contributed by atoms with Crippen molar-refractivity contribution >= 4 is 18.5 Å². The van der Waals surface area contributed by atoms with Crippen molar-refractivity contribution in [2.24, 2.45) is 0 Å². The number of benzene rings is 1. The third-order valence-corrected chi connectivity index (χ3v) is 1.81. The van der Waals surface area contributed by atoms with Crippen LogP contribution in [-0.2, 0) is 0 Å². The van der Waals surface area contributed by atoms with Gasteiger partial charge in [0.2, 0.25) is 0 Å². The van der Waals surface area contributed by atoms with E-state index in [9.17, 15) is 0 Å². The standard InChI is InChI=1S/C9H7BNO2/c12-10-13-9-6-11-5-7-3-1-2-4-8(7)9/h1-6,12H. The van der Waals surface area contributed by atoms with Gasteiger partial charge in [-0.3, -0.25) is 4.98 Å². The largest absolute Gasteiger partial charge is 0.569 e. The number of fused-ring (bicyclic) bond motifs is 1. The molecule has 0 saturated heterocycles. The summed E-state index contributed by atoms with van der Waals surface area (Å²) in [5, 5.41) is 10.4. The van der Waals surface area contributed by atoms with Crippen LogP contribution in [0.3, 0.4) is 0 Å². The van der Waals surface area contributed by atoms with Gasteiger partial charge in [-0.25, -0.2) is 0 Å². The van der Waals surface area contributed by atoms with E-state index in [0.29, 0.717) is 13.4 Å². The maximum Gasteiger partial charge on any atom is 0.569 e. The average molecular weight is 172 g/mol. The lowest BCUT2D eigenvalue weighted by Gasteiger charge is -2.04. The van der Waals surface area contributed by atoms with Crippen LogP contribution in [0.2, 0.25) is 0 Å². The van der Waals surface area contributed by atoms with Crippen LogP contribution >= 0.6 is 0 Å². The van der Waals surface area contributed by atoms with Crippen LogP contribution in [0.1, 0.15) is 0 Å². The summed E-state index contributed by atoms with van der Waals surface area (Å²) in [5.41, 5.74) is 0. The molecule has 1 aromatic carbocycles. The van der Waals surface area contributed by atoms with Crippen LogP contribution in [0, 0.1) is 0 Å². The topological polar surface area (TPSA) is 42.4 Å². The third-order valence-electron chi connectivity index (χ3n) is 1.81. The van der Waals surface area contributed by atoms with Crippen molar-refractivity contribution in [3.8, 4) is 5.75 Å². The fourth-order valence-corrected chi connectivity index (χ4v) is 1.24. The minimum atomic E-state index is 0.556. The van der Waals surface area contributed by atoms with Gasteiger partial charge in [0.05, 0.1) is 6.20 Å². The summed E-state index contributed by atoms with van der Waals surface area (Å²) in [6.45, 7) is 0. The van der Waals surface area contributed by atoms with Crippen LogP contribution in [0.25, 0.3) is 10.8 Å². The van der Waals surface area contributed by atoms with E-state index in [1.807, 2.05) is 24.3 Å². The first-order chi connectivity index (χ1) is 6.42. The summed E-state index contributed by atoms with van der Waals surface area (Å²) in [6, 6.07) is 7.69. The maximum atomic E-state index is 8.50. The Labute approximate surface area is 76.3 Å². The van der Waals surface area contributed by atoms with Crippen molar-refractivity contribution < 1.29 is 9.68 Å². The number of pyridine rings is 1. The third kappa shape index (κ3) is 1.48. The molecule has 0 fully saturated rings. The molecule has 0 aliphatic carbocycles. The minimum Gasteiger partial charge on any atom is -0.536 e. The Bertz CT molecular complexity index is 414. The van der Waals surface area contributed by atoms with E-state index in [0.717, 1.165) is 10.8 Å². The van der Waals surface area contributed by atoms with Gasteiger partial charge < -0.3 is 9.68 Å². The predicted molar refractivity (Wildman–Crippen MR) is 50.3 cm³/mol. The predicted octanol–water partition coefficient (Wildman–Crippen LogP) is 1.14. The van der Waals surface area contributed by atoms with E-state index in [-0.39, 0.29) is 0 Å². The molecule has 0 aliphatic heterocycles. The van der Waals surface area contributed by atoms with Gasteiger partial charge in [0.1, 0.15) is 5.75 Å². The number of rotatable bonds is 2. The molecular weight excluding hydrogens is 165 g/mol. The van der Waals surface area contributed by atoms with E-state index in [2.05, 4.69) is 4.98 Å². The molecule has 1 aromatic heterocycles. The Morgan fingerprint density at radius 2 is 2.08 bits per heavy atom. The van der Waals surface area contributed by atoms with Gasteiger partial charge in [0.15, 0.2) is 0 Å². The van der Waals surface area contributed by atoms with Crippen molar-refractivity contribution in [2.75, 3.05) is 0 Å². The van der Waals surface area contributed by atoms with Gasteiger partial charge in [0.25, 0.3) is 0 Å². The molecule has 0 unspecified atom stereocenters. The first kappa shape index (κ1) is 8.07. The zero-order valence-electron chi connectivity index (χ0n) is 6.84. The summed E-state index contributed by atoms with van der Waals surface area (Å²) in [5.74, 6) is 0.556. The van der Waals surface area contributed by atoms with Crippen LogP contribution in [0.5, 0.6) is 5.75 Å². The van der Waals surface area contributed by atoms with E-state index in [4.69, 9.17) is 9.68 Å². The molecule has 0 atom stereocenters. The lowest BCUT2D eigenvalue weighted by Crippen LogP contribution is -2.00. The number of nitrogens with zero attached hydrogens (tertiary/aromatic N) is 1. The summed E-state index contributed by atoms with van der Waals surface area (Å²) in [7, 11) is 0.656. The Hall–Kier alpha value is -1.55. The zero-order valence-corrected chi connectivity index (χ0v) is 6.84. The fourth-order valence-electron chi connectivity index (χ4n) is 1.24. The summed E-state index contributed by atoms with van der Waals surface area (Å²) in [4.78, 5) is 3.98. The normalized spacial score (nSPS) is 9.92. The van der Waals surface area contributed by atoms with Gasteiger partial charge in [-0.1, -0.05) is 24.3 Å². The molecule has 0 bridgehead atoms. The monoisotopic (exact) mass is 172 g/mol. The number of hydrogen-bond donors (Lipinski definition) is 1. The molecular formula is C9H7BNO2. The molecule has 63 valence electrons. The molecule has 13 heavy (non-hydrogen) atoms. The lowest BCUT2D eigenvalue weighted by molar-refractivity contribution is 0.455.